The number of para-hydroxylation sites is 1. The summed E-state index contributed by atoms with van der Waals surface area (Å²) >= 11 is 12.1. The lowest BCUT2D eigenvalue weighted by Gasteiger charge is -2.09. The second-order valence-corrected chi connectivity index (χ2v) is 6.08. The molecule has 0 saturated heterocycles. The van der Waals surface area contributed by atoms with Gasteiger partial charge < -0.3 is 4.74 Å². The van der Waals surface area contributed by atoms with E-state index in [9.17, 15) is 9.59 Å². The molecule has 2 aromatic carbocycles. The highest BCUT2D eigenvalue weighted by Crippen LogP contribution is 2.29. The number of aromatic nitrogens is 1. The normalized spacial score (nSPS) is 10.8. The van der Waals surface area contributed by atoms with Crippen LogP contribution in [0.4, 0.5) is 0 Å². The standard InChI is InChI=1S/C18H13Cl2NO3/c1-10-16(18(23)24-2)12-5-3-4-6-15(12)21(10)17(22)13-9-11(19)7-8-14(13)20/h3-9H,1-2H3. The van der Waals surface area contributed by atoms with E-state index in [-0.39, 0.29) is 11.5 Å². The second kappa shape index (κ2) is 6.30. The highest BCUT2D eigenvalue weighted by molar-refractivity contribution is 6.36. The number of carbonyl (C=O) groups is 2. The van der Waals surface area contributed by atoms with Crippen molar-refractivity contribution in [3.8, 4) is 0 Å². The minimum atomic E-state index is -0.493. The SMILES string of the molecule is COC(=O)c1c(C)n(C(=O)c2cc(Cl)ccc2Cl)c2ccccc12. The van der Waals surface area contributed by atoms with Crippen LogP contribution in [0, 0.1) is 6.92 Å². The van der Waals surface area contributed by atoms with E-state index in [1.165, 1.54) is 17.7 Å². The average molecular weight is 362 g/mol. The molecular weight excluding hydrogens is 349 g/mol. The molecule has 122 valence electrons. The van der Waals surface area contributed by atoms with Gasteiger partial charge >= 0.3 is 5.97 Å². The van der Waals surface area contributed by atoms with Gasteiger partial charge in [0.2, 0.25) is 0 Å². The van der Waals surface area contributed by atoms with Gasteiger partial charge in [-0.2, -0.15) is 0 Å². The molecule has 0 radical (unpaired) electrons. The molecule has 0 aliphatic rings. The first-order valence-electron chi connectivity index (χ1n) is 7.13. The van der Waals surface area contributed by atoms with Crippen molar-refractivity contribution in [1.29, 1.82) is 0 Å². The van der Waals surface area contributed by atoms with Gasteiger partial charge in [-0.05, 0) is 31.2 Å². The Balaban J connectivity index is 2.30. The van der Waals surface area contributed by atoms with Crippen LogP contribution in [-0.4, -0.2) is 23.6 Å². The minimum absolute atomic E-state index is 0.268. The Morgan fingerprint density at radius 1 is 1.08 bits per heavy atom. The Kier molecular flexibility index (Phi) is 4.35. The highest BCUT2D eigenvalue weighted by atomic mass is 35.5. The molecule has 0 aliphatic carbocycles. The predicted octanol–water partition coefficient (Wildman–Crippen LogP) is 4.73. The molecule has 0 fully saturated rings. The molecule has 0 amide bonds. The fourth-order valence-electron chi connectivity index (χ4n) is 2.77. The third kappa shape index (κ3) is 2.58. The van der Waals surface area contributed by atoms with Crippen LogP contribution < -0.4 is 0 Å². The van der Waals surface area contributed by atoms with Gasteiger partial charge in [0, 0.05) is 16.1 Å². The number of carbonyl (C=O) groups excluding carboxylic acids is 2. The Morgan fingerprint density at radius 3 is 2.50 bits per heavy atom. The molecule has 1 aromatic heterocycles. The molecule has 0 aliphatic heterocycles. The van der Waals surface area contributed by atoms with Gasteiger partial charge in [0.1, 0.15) is 0 Å². The zero-order chi connectivity index (χ0) is 17.4. The van der Waals surface area contributed by atoms with E-state index in [2.05, 4.69) is 0 Å². The third-order valence-corrected chi connectivity index (χ3v) is 4.43. The van der Waals surface area contributed by atoms with Gasteiger partial charge in [-0.15, -0.1) is 0 Å². The molecule has 6 heteroatoms. The molecule has 3 aromatic rings. The second-order valence-electron chi connectivity index (χ2n) is 5.23. The van der Waals surface area contributed by atoms with E-state index in [1.807, 2.05) is 0 Å². The first-order chi connectivity index (χ1) is 11.5. The van der Waals surface area contributed by atoms with Gasteiger partial charge in [-0.3, -0.25) is 9.36 Å². The predicted molar refractivity (Wildman–Crippen MR) is 94.2 cm³/mol. The Labute approximate surface area is 148 Å². The van der Waals surface area contributed by atoms with Crippen LogP contribution in [0.25, 0.3) is 10.9 Å². The number of nitrogens with zero attached hydrogens (tertiary/aromatic N) is 1. The molecular formula is C18H13Cl2NO3. The van der Waals surface area contributed by atoms with Crippen LogP contribution in [0.1, 0.15) is 26.4 Å². The monoisotopic (exact) mass is 361 g/mol. The van der Waals surface area contributed by atoms with Gasteiger partial charge in [-0.1, -0.05) is 41.4 Å². The van der Waals surface area contributed by atoms with E-state index in [0.717, 1.165) is 0 Å². The van der Waals surface area contributed by atoms with Crippen molar-refractivity contribution in [3.05, 3.63) is 69.3 Å². The maximum absolute atomic E-state index is 13.0. The van der Waals surface area contributed by atoms with Crippen molar-refractivity contribution in [2.45, 2.75) is 6.92 Å². The first-order valence-corrected chi connectivity index (χ1v) is 7.89. The first kappa shape index (κ1) is 16.6. The summed E-state index contributed by atoms with van der Waals surface area (Å²) in [5, 5.41) is 1.35. The number of hydrogen-bond donors (Lipinski definition) is 0. The van der Waals surface area contributed by atoms with Crippen LogP contribution in [0.2, 0.25) is 10.0 Å². The molecule has 0 unspecified atom stereocenters. The van der Waals surface area contributed by atoms with Gasteiger partial charge in [0.05, 0.1) is 28.8 Å². The van der Waals surface area contributed by atoms with E-state index >= 15 is 0 Å². The van der Waals surface area contributed by atoms with Gasteiger partial charge in [0.25, 0.3) is 5.91 Å². The largest absolute Gasteiger partial charge is 0.465 e. The topological polar surface area (TPSA) is 48.3 Å². The Hall–Kier alpha value is -2.30. The summed E-state index contributed by atoms with van der Waals surface area (Å²) in [5.41, 5.74) is 1.73. The Bertz CT molecular complexity index is 976. The van der Waals surface area contributed by atoms with Crippen LogP contribution in [-0.2, 0) is 4.74 Å². The fraction of sp³-hybridized carbons (Fsp3) is 0.111. The number of methoxy groups -OCH3 is 1. The summed E-state index contributed by atoms with van der Waals surface area (Å²) in [4.78, 5) is 25.2. The summed E-state index contributed by atoms with van der Waals surface area (Å²) in [5.74, 6) is -0.848. The van der Waals surface area contributed by atoms with Crippen molar-refractivity contribution in [3.63, 3.8) is 0 Å². The molecule has 0 atom stereocenters. The number of rotatable bonds is 2. The number of halogens is 2. The number of benzene rings is 2. The van der Waals surface area contributed by atoms with Gasteiger partial charge in [-0.25, -0.2) is 4.79 Å². The Morgan fingerprint density at radius 2 is 1.79 bits per heavy atom. The number of esters is 1. The number of fused-ring (bicyclic) bond motifs is 1. The quantitative estimate of drug-likeness (QED) is 0.619. The zero-order valence-electron chi connectivity index (χ0n) is 13.0. The molecule has 0 saturated carbocycles. The lowest BCUT2D eigenvalue weighted by Crippen LogP contribution is -2.15. The number of hydrogen-bond acceptors (Lipinski definition) is 3. The molecule has 0 N–H and O–H groups in total. The average Bonchev–Trinajstić information content (AvgIpc) is 2.87. The van der Waals surface area contributed by atoms with E-state index < -0.39 is 5.97 Å². The van der Waals surface area contributed by atoms with Crippen LogP contribution in [0.5, 0.6) is 0 Å². The molecule has 3 rings (SSSR count). The van der Waals surface area contributed by atoms with Crippen LogP contribution in [0.3, 0.4) is 0 Å². The summed E-state index contributed by atoms with van der Waals surface area (Å²) < 4.78 is 6.31. The molecule has 4 nitrogen and oxygen atoms in total. The van der Waals surface area contributed by atoms with Crippen molar-refractivity contribution in [1.82, 2.24) is 4.57 Å². The maximum atomic E-state index is 13.0. The summed E-state index contributed by atoms with van der Waals surface area (Å²) in [7, 11) is 1.31. The van der Waals surface area contributed by atoms with Crippen molar-refractivity contribution < 1.29 is 14.3 Å². The van der Waals surface area contributed by atoms with Crippen molar-refractivity contribution in [2.24, 2.45) is 0 Å². The lowest BCUT2D eigenvalue weighted by atomic mass is 10.1. The highest BCUT2D eigenvalue weighted by Gasteiger charge is 2.25. The van der Waals surface area contributed by atoms with Crippen LogP contribution >= 0.6 is 23.2 Å². The smallest absolute Gasteiger partial charge is 0.340 e. The molecule has 0 bridgehead atoms. The number of ether oxygens (including phenoxy) is 1. The van der Waals surface area contributed by atoms with Crippen LogP contribution in [0.15, 0.2) is 42.5 Å². The molecule has 24 heavy (non-hydrogen) atoms. The minimum Gasteiger partial charge on any atom is -0.465 e. The van der Waals surface area contributed by atoms with E-state index in [4.69, 9.17) is 27.9 Å². The van der Waals surface area contributed by atoms with Crippen molar-refractivity contribution in [2.75, 3.05) is 7.11 Å². The lowest BCUT2D eigenvalue weighted by molar-refractivity contribution is 0.0602. The summed E-state index contributed by atoms with van der Waals surface area (Å²) in [6.45, 7) is 1.70. The van der Waals surface area contributed by atoms with E-state index in [1.54, 1.807) is 43.3 Å². The molecule has 1 heterocycles. The summed E-state index contributed by atoms with van der Waals surface area (Å²) in [6, 6.07) is 11.8. The van der Waals surface area contributed by atoms with Gasteiger partial charge in [0.15, 0.2) is 0 Å². The van der Waals surface area contributed by atoms with Crippen molar-refractivity contribution >= 4 is 46.0 Å². The summed E-state index contributed by atoms with van der Waals surface area (Å²) in [6.07, 6.45) is 0. The fourth-order valence-corrected chi connectivity index (χ4v) is 3.14. The molecule has 0 spiro atoms. The third-order valence-electron chi connectivity index (χ3n) is 3.86. The van der Waals surface area contributed by atoms with E-state index in [0.29, 0.717) is 32.2 Å². The zero-order valence-corrected chi connectivity index (χ0v) is 14.5. The maximum Gasteiger partial charge on any atom is 0.340 e.